The lowest BCUT2D eigenvalue weighted by Crippen LogP contribution is -2.27. The van der Waals surface area contributed by atoms with Gasteiger partial charge in [0, 0.05) is 5.69 Å². The highest BCUT2D eigenvalue weighted by Gasteiger charge is 2.25. The number of fused-ring (bicyclic) bond motifs is 1. The zero-order valence-corrected chi connectivity index (χ0v) is 10.2. The van der Waals surface area contributed by atoms with Gasteiger partial charge >= 0.3 is 0 Å². The molecule has 0 aliphatic heterocycles. The number of pyridine rings is 1. The van der Waals surface area contributed by atoms with E-state index in [0.29, 0.717) is 0 Å². The smallest absolute Gasteiger partial charge is 0.178 e. The fraction of sp³-hybridized carbons (Fsp3) is 0.500. The van der Waals surface area contributed by atoms with Crippen molar-refractivity contribution in [2.24, 2.45) is 11.1 Å². The normalized spacial score (nSPS) is 14.3. The average molecular weight is 218 g/mol. The van der Waals surface area contributed by atoms with Crippen LogP contribution in [0.3, 0.4) is 0 Å². The van der Waals surface area contributed by atoms with Crippen LogP contribution in [0.1, 0.15) is 38.3 Å². The molecule has 0 aliphatic rings. The molecule has 0 saturated heterocycles. The fourth-order valence-electron chi connectivity index (χ4n) is 1.56. The first kappa shape index (κ1) is 11.1. The Morgan fingerprint density at radius 3 is 2.56 bits per heavy atom. The van der Waals surface area contributed by atoms with E-state index in [4.69, 9.17) is 5.73 Å². The number of aromatic amines is 1. The number of nitrogens with zero attached hydrogens (tertiary/aromatic N) is 2. The molecule has 0 fully saturated rings. The van der Waals surface area contributed by atoms with Gasteiger partial charge in [0.2, 0.25) is 0 Å². The summed E-state index contributed by atoms with van der Waals surface area (Å²) in [5.74, 6) is 0.806. The van der Waals surface area contributed by atoms with Gasteiger partial charge in [0.05, 0.1) is 11.6 Å². The Morgan fingerprint density at radius 1 is 1.25 bits per heavy atom. The van der Waals surface area contributed by atoms with Crippen molar-refractivity contribution < 1.29 is 0 Å². The maximum absolute atomic E-state index is 6.15. The van der Waals surface area contributed by atoms with Crippen molar-refractivity contribution in [2.45, 2.75) is 33.7 Å². The van der Waals surface area contributed by atoms with Gasteiger partial charge in [-0.3, -0.25) is 0 Å². The van der Waals surface area contributed by atoms with Crippen LogP contribution in [0, 0.1) is 12.3 Å². The van der Waals surface area contributed by atoms with Gasteiger partial charge in [-0.05, 0) is 24.5 Å². The number of aryl methyl sites for hydroxylation is 1. The monoisotopic (exact) mass is 218 g/mol. The highest BCUT2D eigenvalue weighted by Crippen LogP contribution is 2.29. The van der Waals surface area contributed by atoms with Crippen molar-refractivity contribution in [2.75, 3.05) is 0 Å². The number of hydrogen-bond donors (Lipinski definition) is 2. The fourth-order valence-corrected chi connectivity index (χ4v) is 1.56. The standard InChI is InChI=1S/C12H18N4/c1-7-5-6-8-10(14-7)16-11(15-8)9(13)12(2,3)4/h5-6,9H,13H2,1-4H3,(H,14,15,16). The molecule has 2 aromatic heterocycles. The molecule has 0 radical (unpaired) electrons. The summed E-state index contributed by atoms with van der Waals surface area (Å²) in [6, 6.07) is 3.85. The molecule has 0 aromatic carbocycles. The lowest BCUT2D eigenvalue weighted by atomic mass is 9.87. The topological polar surface area (TPSA) is 67.6 Å². The van der Waals surface area contributed by atoms with Crippen LogP contribution in [0.15, 0.2) is 12.1 Å². The molecule has 16 heavy (non-hydrogen) atoms. The number of H-pyrrole nitrogens is 1. The summed E-state index contributed by atoms with van der Waals surface area (Å²) < 4.78 is 0. The van der Waals surface area contributed by atoms with Crippen LogP contribution in [-0.4, -0.2) is 15.0 Å². The van der Waals surface area contributed by atoms with Gasteiger partial charge in [0.1, 0.15) is 5.82 Å². The molecule has 86 valence electrons. The first-order valence-corrected chi connectivity index (χ1v) is 5.47. The van der Waals surface area contributed by atoms with Crippen molar-refractivity contribution in [3.05, 3.63) is 23.7 Å². The second-order valence-electron chi connectivity index (χ2n) is 5.29. The molecule has 0 amide bonds. The van der Waals surface area contributed by atoms with E-state index in [1.165, 1.54) is 0 Å². The quantitative estimate of drug-likeness (QED) is 0.771. The minimum atomic E-state index is -0.109. The van der Waals surface area contributed by atoms with Gasteiger partial charge in [0.15, 0.2) is 5.65 Å². The van der Waals surface area contributed by atoms with E-state index >= 15 is 0 Å². The van der Waals surface area contributed by atoms with Crippen LogP contribution in [-0.2, 0) is 0 Å². The highest BCUT2D eigenvalue weighted by molar-refractivity contribution is 5.70. The summed E-state index contributed by atoms with van der Waals surface area (Å²) in [6.07, 6.45) is 0. The highest BCUT2D eigenvalue weighted by atomic mass is 15.0. The molecule has 1 atom stereocenters. The third-order valence-electron chi connectivity index (χ3n) is 2.73. The lowest BCUT2D eigenvalue weighted by molar-refractivity contribution is 0.317. The Labute approximate surface area is 95.3 Å². The molecule has 0 bridgehead atoms. The molecule has 2 heterocycles. The molecule has 2 rings (SSSR count). The predicted molar refractivity (Wildman–Crippen MR) is 65.0 cm³/mol. The van der Waals surface area contributed by atoms with Crippen molar-refractivity contribution in [3.63, 3.8) is 0 Å². The van der Waals surface area contributed by atoms with Gasteiger partial charge in [-0.25, -0.2) is 9.97 Å². The van der Waals surface area contributed by atoms with Crippen LogP contribution >= 0.6 is 0 Å². The van der Waals surface area contributed by atoms with Gasteiger partial charge in [0.25, 0.3) is 0 Å². The van der Waals surface area contributed by atoms with Gasteiger partial charge in [-0.2, -0.15) is 0 Å². The summed E-state index contributed by atoms with van der Waals surface area (Å²) in [6.45, 7) is 8.26. The van der Waals surface area contributed by atoms with E-state index in [1.54, 1.807) is 0 Å². The number of rotatable bonds is 1. The summed E-state index contributed by atoms with van der Waals surface area (Å²) in [5.41, 5.74) is 8.80. The molecule has 3 N–H and O–H groups in total. The Kier molecular flexibility index (Phi) is 2.46. The van der Waals surface area contributed by atoms with E-state index in [-0.39, 0.29) is 11.5 Å². The third-order valence-corrected chi connectivity index (χ3v) is 2.73. The number of imidazole rings is 1. The predicted octanol–water partition coefficient (Wildman–Crippen LogP) is 2.31. The zero-order chi connectivity index (χ0) is 11.9. The Morgan fingerprint density at radius 2 is 1.94 bits per heavy atom. The van der Waals surface area contributed by atoms with Crippen molar-refractivity contribution in [1.29, 1.82) is 0 Å². The van der Waals surface area contributed by atoms with Crippen LogP contribution in [0.4, 0.5) is 0 Å². The van der Waals surface area contributed by atoms with E-state index in [0.717, 1.165) is 22.7 Å². The zero-order valence-electron chi connectivity index (χ0n) is 10.2. The van der Waals surface area contributed by atoms with Gasteiger partial charge in [-0.15, -0.1) is 0 Å². The molecule has 0 spiro atoms. The summed E-state index contributed by atoms with van der Waals surface area (Å²) >= 11 is 0. The van der Waals surface area contributed by atoms with Crippen LogP contribution in [0.2, 0.25) is 0 Å². The summed E-state index contributed by atoms with van der Waals surface area (Å²) in [5, 5.41) is 0. The van der Waals surface area contributed by atoms with Crippen LogP contribution in [0.5, 0.6) is 0 Å². The van der Waals surface area contributed by atoms with Crippen molar-refractivity contribution >= 4 is 11.2 Å². The van der Waals surface area contributed by atoms with Crippen LogP contribution in [0.25, 0.3) is 11.2 Å². The third kappa shape index (κ3) is 1.93. The maximum Gasteiger partial charge on any atom is 0.178 e. The average Bonchev–Trinajstić information content (AvgIpc) is 2.57. The van der Waals surface area contributed by atoms with E-state index in [2.05, 4.69) is 35.7 Å². The molecule has 2 aromatic rings. The van der Waals surface area contributed by atoms with Crippen molar-refractivity contribution in [1.82, 2.24) is 15.0 Å². The molecule has 0 aliphatic carbocycles. The second kappa shape index (κ2) is 3.56. The Balaban J connectivity index is 2.47. The maximum atomic E-state index is 6.15. The summed E-state index contributed by atoms with van der Waals surface area (Å²) in [4.78, 5) is 12.0. The van der Waals surface area contributed by atoms with E-state index < -0.39 is 0 Å². The Bertz CT molecular complexity index is 507. The first-order chi connectivity index (χ1) is 7.38. The minimum absolute atomic E-state index is 0.0110. The molecule has 0 saturated carbocycles. The lowest BCUT2D eigenvalue weighted by Gasteiger charge is -2.24. The van der Waals surface area contributed by atoms with Gasteiger partial charge < -0.3 is 10.7 Å². The number of nitrogens with two attached hydrogens (primary N) is 1. The molecule has 4 heteroatoms. The number of hydrogen-bond acceptors (Lipinski definition) is 3. The van der Waals surface area contributed by atoms with Crippen molar-refractivity contribution in [3.8, 4) is 0 Å². The molecule has 4 nitrogen and oxygen atoms in total. The molecular formula is C12H18N4. The minimum Gasteiger partial charge on any atom is -0.339 e. The molecular weight excluding hydrogens is 200 g/mol. The van der Waals surface area contributed by atoms with E-state index in [9.17, 15) is 0 Å². The second-order valence-corrected chi connectivity index (χ2v) is 5.29. The van der Waals surface area contributed by atoms with Crippen LogP contribution < -0.4 is 5.73 Å². The van der Waals surface area contributed by atoms with Gasteiger partial charge in [-0.1, -0.05) is 20.8 Å². The Hall–Kier alpha value is -1.42. The number of aromatic nitrogens is 3. The summed E-state index contributed by atoms with van der Waals surface area (Å²) in [7, 11) is 0. The first-order valence-electron chi connectivity index (χ1n) is 5.47. The molecule has 1 unspecified atom stereocenters. The largest absolute Gasteiger partial charge is 0.339 e. The van der Waals surface area contributed by atoms with E-state index in [1.807, 2.05) is 19.1 Å². The SMILES string of the molecule is Cc1ccc2[nH]c(C(N)C(C)(C)C)nc2n1. The number of nitrogens with one attached hydrogen (secondary N) is 1.